The fourth-order valence-corrected chi connectivity index (χ4v) is 3.41. The molecular weight excluding hydrogens is 374 g/mol. The Bertz CT molecular complexity index is 852. The number of rotatable bonds is 4. The Balaban J connectivity index is 1.52. The number of hydrogen-bond acceptors (Lipinski definition) is 2. The summed E-state index contributed by atoms with van der Waals surface area (Å²) in [6.45, 7) is 0. The third-order valence-corrected chi connectivity index (χ3v) is 5.08. The van der Waals surface area contributed by atoms with E-state index < -0.39 is 11.6 Å². The van der Waals surface area contributed by atoms with Crippen LogP contribution in [0.3, 0.4) is 0 Å². The Hall–Kier alpha value is -2.47. The lowest BCUT2D eigenvalue weighted by atomic mass is 9.81. The lowest BCUT2D eigenvalue weighted by molar-refractivity contribution is -0.125. The maximum atomic E-state index is 13.6. The van der Waals surface area contributed by atoms with Gasteiger partial charge in [0.25, 0.3) is 0 Å². The Morgan fingerprint density at radius 2 is 1.44 bits per heavy atom. The van der Waals surface area contributed by atoms with Gasteiger partial charge in [0.05, 0.1) is 10.7 Å². The molecule has 0 saturated heterocycles. The maximum absolute atomic E-state index is 13.6. The highest BCUT2D eigenvalue weighted by atomic mass is 35.5. The van der Waals surface area contributed by atoms with Gasteiger partial charge in [-0.25, -0.2) is 8.78 Å². The van der Waals surface area contributed by atoms with Crippen LogP contribution in [-0.2, 0) is 9.59 Å². The minimum Gasteiger partial charge on any atom is -0.326 e. The molecule has 1 aliphatic rings. The van der Waals surface area contributed by atoms with Crippen LogP contribution in [0, 0.1) is 23.5 Å². The lowest BCUT2D eigenvalue weighted by Crippen LogP contribution is -2.32. The van der Waals surface area contributed by atoms with Crippen molar-refractivity contribution < 1.29 is 18.4 Å². The SMILES string of the molecule is O=C(Nc1ccc(F)c(Cl)c1)C1CCC(C(=O)Nc2ccccc2F)CC1. The molecule has 142 valence electrons. The highest BCUT2D eigenvalue weighted by Gasteiger charge is 2.30. The third kappa shape index (κ3) is 4.83. The van der Waals surface area contributed by atoms with Gasteiger partial charge in [0.2, 0.25) is 11.8 Å². The predicted molar refractivity (Wildman–Crippen MR) is 101 cm³/mol. The van der Waals surface area contributed by atoms with E-state index in [9.17, 15) is 18.4 Å². The minimum atomic E-state index is -0.545. The van der Waals surface area contributed by atoms with E-state index in [0.717, 1.165) is 0 Å². The summed E-state index contributed by atoms with van der Waals surface area (Å²) in [5, 5.41) is 5.29. The van der Waals surface area contributed by atoms with E-state index in [2.05, 4.69) is 10.6 Å². The molecule has 0 unspecified atom stereocenters. The fourth-order valence-electron chi connectivity index (χ4n) is 3.23. The number of hydrogen-bond donors (Lipinski definition) is 2. The van der Waals surface area contributed by atoms with Crippen LogP contribution in [0.1, 0.15) is 25.7 Å². The Morgan fingerprint density at radius 3 is 2.04 bits per heavy atom. The second-order valence-corrected chi connectivity index (χ2v) is 7.04. The molecule has 1 fully saturated rings. The average Bonchev–Trinajstić information content (AvgIpc) is 2.66. The van der Waals surface area contributed by atoms with Crippen molar-refractivity contribution in [3.8, 4) is 0 Å². The van der Waals surface area contributed by atoms with E-state index in [4.69, 9.17) is 11.6 Å². The minimum absolute atomic E-state index is 0.0543. The topological polar surface area (TPSA) is 58.2 Å². The molecule has 0 heterocycles. The summed E-state index contributed by atoms with van der Waals surface area (Å²) in [4.78, 5) is 24.7. The number of carbonyl (C=O) groups is 2. The van der Waals surface area contributed by atoms with E-state index in [1.54, 1.807) is 12.1 Å². The van der Waals surface area contributed by atoms with Crippen LogP contribution >= 0.6 is 11.6 Å². The summed E-state index contributed by atoms with van der Waals surface area (Å²) in [6.07, 6.45) is 2.19. The van der Waals surface area contributed by atoms with Gasteiger partial charge in [0.15, 0.2) is 0 Å². The second-order valence-electron chi connectivity index (χ2n) is 6.64. The van der Waals surface area contributed by atoms with E-state index in [0.29, 0.717) is 31.4 Å². The van der Waals surface area contributed by atoms with Gasteiger partial charge in [-0.3, -0.25) is 9.59 Å². The summed E-state index contributed by atoms with van der Waals surface area (Å²) in [6, 6.07) is 10.0. The van der Waals surface area contributed by atoms with Gasteiger partial charge < -0.3 is 10.6 Å². The van der Waals surface area contributed by atoms with E-state index in [1.807, 2.05) is 0 Å². The van der Waals surface area contributed by atoms with Crippen molar-refractivity contribution in [3.05, 3.63) is 59.1 Å². The van der Waals surface area contributed by atoms with Gasteiger partial charge in [-0.1, -0.05) is 23.7 Å². The quantitative estimate of drug-likeness (QED) is 0.769. The highest BCUT2D eigenvalue weighted by molar-refractivity contribution is 6.31. The summed E-state index contributed by atoms with van der Waals surface area (Å²) < 4.78 is 26.8. The molecule has 3 rings (SSSR count). The zero-order valence-corrected chi connectivity index (χ0v) is 15.2. The summed E-state index contributed by atoms with van der Waals surface area (Å²) in [5.74, 6) is -1.91. The van der Waals surface area contributed by atoms with Gasteiger partial charge in [-0.15, -0.1) is 0 Å². The molecular formula is C20H19ClF2N2O2. The molecule has 2 aromatic carbocycles. The summed E-state index contributed by atoms with van der Waals surface area (Å²) in [5.41, 5.74) is 0.598. The normalized spacial score (nSPS) is 19.4. The second kappa shape index (κ2) is 8.48. The number of nitrogens with one attached hydrogen (secondary N) is 2. The van der Waals surface area contributed by atoms with Crippen LogP contribution in [0.15, 0.2) is 42.5 Å². The van der Waals surface area contributed by atoms with Crippen LogP contribution in [-0.4, -0.2) is 11.8 Å². The third-order valence-electron chi connectivity index (χ3n) is 4.79. The first-order chi connectivity index (χ1) is 12.9. The van der Waals surface area contributed by atoms with Gasteiger partial charge in [0.1, 0.15) is 11.6 Å². The first kappa shape index (κ1) is 19.3. The molecule has 0 aliphatic heterocycles. The molecule has 0 radical (unpaired) electrons. The summed E-state index contributed by atoms with van der Waals surface area (Å²) >= 11 is 5.72. The number of amides is 2. The average molecular weight is 393 g/mol. The van der Waals surface area contributed by atoms with Crippen LogP contribution in [0.5, 0.6) is 0 Å². The highest BCUT2D eigenvalue weighted by Crippen LogP contribution is 2.31. The molecule has 0 bridgehead atoms. The number of carbonyl (C=O) groups excluding carboxylic acids is 2. The lowest BCUT2D eigenvalue weighted by Gasteiger charge is -2.27. The summed E-state index contributed by atoms with van der Waals surface area (Å²) in [7, 11) is 0. The van der Waals surface area contributed by atoms with Gasteiger partial charge >= 0.3 is 0 Å². The van der Waals surface area contributed by atoms with Gasteiger partial charge in [-0.05, 0) is 56.0 Å². The zero-order valence-electron chi connectivity index (χ0n) is 14.5. The van der Waals surface area contributed by atoms with Crippen molar-refractivity contribution in [1.82, 2.24) is 0 Å². The molecule has 27 heavy (non-hydrogen) atoms. The fraction of sp³-hybridized carbons (Fsp3) is 0.300. The van der Waals surface area contributed by atoms with Crippen LogP contribution < -0.4 is 10.6 Å². The van der Waals surface area contributed by atoms with Crippen LogP contribution in [0.25, 0.3) is 0 Å². The number of halogens is 3. The van der Waals surface area contributed by atoms with Gasteiger partial charge in [0, 0.05) is 17.5 Å². The van der Waals surface area contributed by atoms with E-state index >= 15 is 0 Å². The van der Waals surface area contributed by atoms with Crippen molar-refractivity contribution in [2.75, 3.05) is 10.6 Å². The first-order valence-corrected chi connectivity index (χ1v) is 9.13. The standard InChI is InChI=1S/C20H19ClF2N2O2/c21-15-11-14(9-10-16(15)22)24-19(26)12-5-7-13(8-6-12)20(27)25-18-4-2-1-3-17(18)23/h1-4,9-13H,5-8H2,(H,24,26)(H,25,27). The van der Waals surface area contributed by atoms with E-state index in [-0.39, 0.29) is 34.4 Å². The molecule has 0 spiro atoms. The zero-order chi connectivity index (χ0) is 19.4. The number of para-hydroxylation sites is 1. The smallest absolute Gasteiger partial charge is 0.227 e. The number of benzene rings is 2. The largest absolute Gasteiger partial charge is 0.326 e. The Morgan fingerprint density at radius 1 is 0.852 bits per heavy atom. The molecule has 2 amide bonds. The van der Waals surface area contributed by atoms with Crippen LogP contribution in [0.4, 0.5) is 20.2 Å². The maximum Gasteiger partial charge on any atom is 0.227 e. The molecule has 2 N–H and O–H groups in total. The van der Waals surface area contributed by atoms with Crippen molar-refractivity contribution in [2.24, 2.45) is 11.8 Å². The van der Waals surface area contributed by atoms with Crippen molar-refractivity contribution in [2.45, 2.75) is 25.7 Å². The van der Waals surface area contributed by atoms with Crippen molar-refractivity contribution in [3.63, 3.8) is 0 Å². The molecule has 1 saturated carbocycles. The Kier molecular flexibility index (Phi) is 6.06. The van der Waals surface area contributed by atoms with Gasteiger partial charge in [-0.2, -0.15) is 0 Å². The monoisotopic (exact) mass is 392 g/mol. The molecule has 2 aromatic rings. The molecule has 4 nitrogen and oxygen atoms in total. The molecule has 0 aromatic heterocycles. The van der Waals surface area contributed by atoms with Crippen molar-refractivity contribution in [1.29, 1.82) is 0 Å². The molecule has 7 heteroatoms. The predicted octanol–water partition coefficient (Wildman–Crippen LogP) is 5.00. The van der Waals surface area contributed by atoms with E-state index in [1.165, 1.54) is 30.3 Å². The molecule has 1 aliphatic carbocycles. The van der Waals surface area contributed by atoms with Crippen molar-refractivity contribution >= 4 is 34.8 Å². The first-order valence-electron chi connectivity index (χ1n) is 8.75. The molecule has 0 atom stereocenters. The van der Waals surface area contributed by atoms with Crippen LogP contribution in [0.2, 0.25) is 5.02 Å². The number of anilines is 2. The Labute approximate surface area is 160 Å².